The van der Waals surface area contributed by atoms with Crippen LogP contribution in [0.5, 0.6) is 5.75 Å². The summed E-state index contributed by atoms with van der Waals surface area (Å²) in [4.78, 5) is 17.7. The smallest absolute Gasteiger partial charge is 0.412 e. The summed E-state index contributed by atoms with van der Waals surface area (Å²) >= 11 is 0. The lowest BCUT2D eigenvalue weighted by atomic mass is 10.0. The number of anilines is 3. The van der Waals surface area contributed by atoms with E-state index in [0.29, 0.717) is 23.0 Å². The maximum absolute atomic E-state index is 11.9. The van der Waals surface area contributed by atoms with Crippen LogP contribution in [0, 0.1) is 0 Å². The van der Waals surface area contributed by atoms with E-state index < -0.39 is 11.6 Å². The lowest BCUT2D eigenvalue weighted by molar-refractivity contribution is 0.195. The molecular weight excluding hydrogens is 406 g/mol. The molecule has 2 aromatic heterocycles. The summed E-state index contributed by atoms with van der Waals surface area (Å²) in [7, 11) is 1.61. The average Bonchev–Trinajstić information content (AvgIpc) is 3.14. The monoisotopic (exact) mass is 431 g/mol. The molecule has 0 unspecified atom stereocenters. The predicted molar refractivity (Wildman–Crippen MR) is 125 cm³/mol. The molecule has 0 saturated heterocycles. The topological polar surface area (TPSA) is 92.0 Å². The van der Waals surface area contributed by atoms with Crippen LogP contribution < -0.4 is 15.0 Å². The van der Waals surface area contributed by atoms with E-state index in [2.05, 4.69) is 15.4 Å². The summed E-state index contributed by atoms with van der Waals surface area (Å²) in [5.41, 5.74) is 3.28. The molecule has 0 aliphatic heterocycles. The van der Waals surface area contributed by atoms with E-state index in [0.717, 1.165) is 16.8 Å². The number of methoxy groups -OCH3 is 1. The Morgan fingerprint density at radius 3 is 2.56 bits per heavy atom. The Bertz CT molecular complexity index is 1280. The Morgan fingerprint density at radius 2 is 1.84 bits per heavy atom. The third-order valence-electron chi connectivity index (χ3n) is 4.98. The van der Waals surface area contributed by atoms with E-state index in [1.807, 2.05) is 81.6 Å². The van der Waals surface area contributed by atoms with Crippen LogP contribution in [0.3, 0.4) is 0 Å². The molecule has 2 N–H and O–H groups in total. The number of fused-ring (bicyclic) bond motifs is 1. The zero-order valence-corrected chi connectivity index (χ0v) is 18.4. The van der Waals surface area contributed by atoms with E-state index in [1.165, 1.54) is 4.90 Å². The zero-order valence-electron chi connectivity index (χ0n) is 18.4. The molecule has 164 valence electrons. The van der Waals surface area contributed by atoms with Crippen molar-refractivity contribution in [3.05, 3.63) is 66.9 Å². The molecule has 1 amide bonds. The number of amides is 1. The van der Waals surface area contributed by atoms with Gasteiger partial charge in [0.25, 0.3) is 0 Å². The number of ether oxygens (including phenoxy) is 1. The van der Waals surface area contributed by atoms with Gasteiger partial charge in [-0.25, -0.2) is 9.31 Å². The van der Waals surface area contributed by atoms with Gasteiger partial charge in [0.05, 0.1) is 12.8 Å². The lowest BCUT2D eigenvalue weighted by Gasteiger charge is -2.33. The first-order valence-corrected chi connectivity index (χ1v) is 10.2. The molecule has 0 aliphatic carbocycles. The minimum atomic E-state index is -0.992. The van der Waals surface area contributed by atoms with Crippen LogP contribution in [0.2, 0.25) is 0 Å². The Balaban J connectivity index is 1.67. The predicted octanol–water partition coefficient (Wildman–Crippen LogP) is 5.43. The number of hydrogen-bond acceptors (Lipinski definition) is 5. The van der Waals surface area contributed by atoms with Crippen molar-refractivity contribution in [3.8, 4) is 16.9 Å². The van der Waals surface area contributed by atoms with Gasteiger partial charge in [-0.15, -0.1) is 5.10 Å². The normalized spacial score (nSPS) is 11.4. The molecule has 0 saturated carbocycles. The van der Waals surface area contributed by atoms with Crippen molar-refractivity contribution in [3.63, 3.8) is 0 Å². The highest BCUT2D eigenvalue weighted by Gasteiger charge is 2.27. The van der Waals surface area contributed by atoms with Crippen LogP contribution in [0.4, 0.5) is 22.1 Å². The minimum absolute atomic E-state index is 0.449. The highest BCUT2D eigenvalue weighted by atomic mass is 16.5. The maximum Gasteiger partial charge on any atom is 0.412 e. The molecule has 0 spiro atoms. The van der Waals surface area contributed by atoms with Crippen molar-refractivity contribution < 1.29 is 14.6 Å². The second kappa shape index (κ2) is 8.22. The number of nitrogens with zero attached hydrogens (tertiary/aromatic N) is 4. The van der Waals surface area contributed by atoms with Gasteiger partial charge in [0.1, 0.15) is 5.75 Å². The Labute approximate surface area is 186 Å². The maximum atomic E-state index is 11.9. The number of benzene rings is 2. The Hall–Kier alpha value is -4.07. The number of carboxylic acid groups (broad SMARTS) is 1. The van der Waals surface area contributed by atoms with E-state index in [9.17, 15) is 9.90 Å². The summed E-state index contributed by atoms with van der Waals surface area (Å²) in [5.74, 6) is 1.15. The third kappa shape index (κ3) is 4.20. The van der Waals surface area contributed by atoms with Crippen LogP contribution in [0.25, 0.3) is 16.8 Å². The fourth-order valence-corrected chi connectivity index (χ4v) is 3.58. The van der Waals surface area contributed by atoms with Crippen LogP contribution >= 0.6 is 0 Å². The van der Waals surface area contributed by atoms with Gasteiger partial charge in [-0.1, -0.05) is 24.3 Å². The molecular formula is C24H25N5O3. The van der Waals surface area contributed by atoms with Crippen molar-refractivity contribution in [1.82, 2.24) is 14.6 Å². The van der Waals surface area contributed by atoms with Crippen molar-refractivity contribution in [2.75, 3.05) is 17.3 Å². The molecule has 8 heteroatoms. The van der Waals surface area contributed by atoms with Gasteiger partial charge >= 0.3 is 6.09 Å². The van der Waals surface area contributed by atoms with Crippen LogP contribution in [0.15, 0.2) is 66.9 Å². The zero-order chi connectivity index (χ0) is 22.9. The van der Waals surface area contributed by atoms with Crippen molar-refractivity contribution in [2.24, 2.45) is 0 Å². The summed E-state index contributed by atoms with van der Waals surface area (Å²) in [6, 6.07) is 18.8. The molecule has 0 atom stereocenters. The van der Waals surface area contributed by atoms with Gasteiger partial charge in [-0.3, -0.25) is 4.90 Å². The minimum Gasteiger partial charge on any atom is -0.495 e. The van der Waals surface area contributed by atoms with Crippen LogP contribution in [0.1, 0.15) is 20.8 Å². The van der Waals surface area contributed by atoms with Gasteiger partial charge in [0.2, 0.25) is 5.95 Å². The highest BCUT2D eigenvalue weighted by Crippen LogP contribution is 2.30. The number of hydrogen-bond donors (Lipinski definition) is 2. The second-order valence-electron chi connectivity index (χ2n) is 8.32. The van der Waals surface area contributed by atoms with Gasteiger partial charge < -0.3 is 15.2 Å². The van der Waals surface area contributed by atoms with Gasteiger partial charge in [0, 0.05) is 23.0 Å². The number of carbonyl (C=O) groups is 1. The van der Waals surface area contributed by atoms with E-state index >= 15 is 0 Å². The van der Waals surface area contributed by atoms with Gasteiger partial charge in [-0.05, 0) is 62.7 Å². The first-order chi connectivity index (χ1) is 15.3. The largest absolute Gasteiger partial charge is 0.495 e. The molecule has 0 fully saturated rings. The molecule has 0 radical (unpaired) electrons. The molecule has 4 rings (SSSR count). The van der Waals surface area contributed by atoms with Crippen molar-refractivity contribution in [2.45, 2.75) is 26.3 Å². The number of nitrogens with one attached hydrogen (secondary N) is 1. The fraction of sp³-hybridized carbons (Fsp3) is 0.208. The molecule has 8 nitrogen and oxygen atoms in total. The van der Waals surface area contributed by atoms with Crippen molar-refractivity contribution >= 4 is 29.1 Å². The van der Waals surface area contributed by atoms with Gasteiger partial charge in [-0.2, -0.15) is 4.98 Å². The highest BCUT2D eigenvalue weighted by molar-refractivity contribution is 5.88. The standard InChI is InChI=1S/C24H25N5O3/c1-24(2,3)29(23(30)31)18-9-7-8-16(14-18)17-12-13-21-26-22(27-28(21)15-17)25-19-10-5-6-11-20(19)32-4/h5-15H,1-4H3,(H,25,27)(H,30,31). The SMILES string of the molecule is COc1ccccc1Nc1nc2ccc(-c3cccc(N(C(=O)O)C(C)(C)C)c3)cn2n1. The van der Waals surface area contributed by atoms with Gasteiger partial charge in [0.15, 0.2) is 5.65 Å². The number of pyridine rings is 1. The molecule has 0 aliphatic rings. The van der Waals surface area contributed by atoms with Crippen LogP contribution in [-0.4, -0.2) is 38.4 Å². The number of para-hydroxylation sites is 2. The quantitative estimate of drug-likeness (QED) is 0.438. The summed E-state index contributed by atoms with van der Waals surface area (Å²) in [6.07, 6.45) is 0.880. The summed E-state index contributed by atoms with van der Waals surface area (Å²) in [5, 5.41) is 17.4. The third-order valence-corrected chi connectivity index (χ3v) is 4.98. The van der Waals surface area contributed by atoms with E-state index in [-0.39, 0.29) is 0 Å². The number of aromatic nitrogens is 3. The summed E-state index contributed by atoms with van der Waals surface area (Å²) < 4.78 is 7.06. The molecule has 4 aromatic rings. The molecule has 0 bridgehead atoms. The Morgan fingerprint density at radius 1 is 1.06 bits per heavy atom. The first-order valence-electron chi connectivity index (χ1n) is 10.2. The first kappa shape index (κ1) is 21.2. The summed E-state index contributed by atoms with van der Waals surface area (Å²) in [6.45, 7) is 5.60. The molecule has 2 aromatic carbocycles. The van der Waals surface area contributed by atoms with E-state index in [4.69, 9.17) is 4.74 Å². The van der Waals surface area contributed by atoms with Crippen molar-refractivity contribution in [1.29, 1.82) is 0 Å². The second-order valence-corrected chi connectivity index (χ2v) is 8.32. The Kier molecular flexibility index (Phi) is 5.44. The molecule has 32 heavy (non-hydrogen) atoms. The average molecular weight is 431 g/mol. The molecule has 2 heterocycles. The number of rotatable bonds is 5. The van der Waals surface area contributed by atoms with E-state index in [1.54, 1.807) is 17.7 Å². The van der Waals surface area contributed by atoms with Crippen LogP contribution in [-0.2, 0) is 0 Å². The fourth-order valence-electron chi connectivity index (χ4n) is 3.58. The lowest BCUT2D eigenvalue weighted by Crippen LogP contribution is -2.45.